The first-order chi connectivity index (χ1) is 17.0. The number of hydrogen-bond acceptors (Lipinski definition) is 7. The van der Waals surface area contributed by atoms with Crippen LogP contribution in [0.4, 0.5) is 30.8 Å². The Kier molecular flexibility index (Phi) is 7.48. The first kappa shape index (κ1) is 26.2. The van der Waals surface area contributed by atoms with E-state index in [0.717, 1.165) is 5.56 Å². The van der Waals surface area contributed by atoms with Crippen LogP contribution in [0.15, 0.2) is 18.3 Å². The molecule has 36 heavy (non-hydrogen) atoms. The van der Waals surface area contributed by atoms with Crippen molar-refractivity contribution in [3.8, 4) is 0 Å². The number of carbonyl (C=O) groups excluding carboxylic acids is 1. The predicted molar refractivity (Wildman–Crippen MR) is 131 cm³/mol. The number of nitrogens with two attached hydrogens (primary N) is 1. The minimum absolute atomic E-state index is 0.185. The van der Waals surface area contributed by atoms with Gasteiger partial charge in [0.15, 0.2) is 5.65 Å². The van der Waals surface area contributed by atoms with Crippen molar-refractivity contribution < 1.29 is 23.1 Å². The molecule has 1 fully saturated rings. The van der Waals surface area contributed by atoms with E-state index in [1.807, 2.05) is 6.92 Å². The van der Waals surface area contributed by atoms with Crippen molar-refractivity contribution in [2.45, 2.75) is 50.9 Å². The van der Waals surface area contributed by atoms with E-state index in [4.69, 9.17) is 28.9 Å². The van der Waals surface area contributed by atoms with Crippen molar-refractivity contribution in [1.82, 2.24) is 19.5 Å². The lowest BCUT2D eigenvalue weighted by atomic mass is 9.85. The molecular formula is C22H24Cl2F3N7O2. The largest absolute Gasteiger partial charge is 0.410 e. The number of amides is 1. The number of aryl methyl sites for hydroxylation is 1. The fourth-order valence-corrected chi connectivity index (χ4v) is 5.02. The van der Waals surface area contributed by atoms with Crippen LogP contribution < -0.4 is 16.4 Å². The summed E-state index contributed by atoms with van der Waals surface area (Å²) in [7, 11) is 0. The Morgan fingerprint density at radius 1 is 1.22 bits per heavy atom. The van der Waals surface area contributed by atoms with Gasteiger partial charge >= 0.3 is 6.18 Å². The smallest absolute Gasteiger partial charge is 0.394 e. The Bertz CT molecular complexity index is 1250. The summed E-state index contributed by atoms with van der Waals surface area (Å²) >= 11 is 12.8. The van der Waals surface area contributed by atoms with Gasteiger partial charge in [-0.25, -0.2) is 9.97 Å². The molecule has 1 atom stereocenters. The molecule has 0 spiro atoms. The number of fused-ring (bicyclic) bond motifs is 1. The minimum Gasteiger partial charge on any atom is -0.394 e. The van der Waals surface area contributed by atoms with Gasteiger partial charge in [-0.1, -0.05) is 23.2 Å². The monoisotopic (exact) mass is 545 g/mol. The highest BCUT2D eigenvalue weighted by molar-refractivity contribution is 6.39. The van der Waals surface area contributed by atoms with Gasteiger partial charge in [-0.3, -0.25) is 9.36 Å². The molecule has 2 heterocycles. The highest BCUT2D eigenvalue weighted by atomic mass is 35.5. The third-order valence-electron chi connectivity index (χ3n) is 6.20. The van der Waals surface area contributed by atoms with Crippen LogP contribution in [0.2, 0.25) is 10.0 Å². The SMILES string of the molecule is Cc1cc(Cl)c(Nc2nc3cnc(N[C@H](CO)C(F)(F)F)nc3n2C2CCC(C(N)=O)CC2)c(Cl)c1. The summed E-state index contributed by atoms with van der Waals surface area (Å²) in [4.78, 5) is 24.4. The van der Waals surface area contributed by atoms with Crippen molar-refractivity contribution in [3.05, 3.63) is 33.9 Å². The quantitative estimate of drug-likeness (QED) is 0.337. The Morgan fingerprint density at radius 3 is 2.42 bits per heavy atom. The van der Waals surface area contributed by atoms with E-state index < -0.39 is 18.8 Å². The topological polar surface area (TPSA) is 131 Å². The van der Waals surface area contributed by atoms with Crippen molar-refractivity contribution >= 4 is 57.9 Å². The second-order valence-corrected chi connectivity index (χ2v) is 9.58. The number of aliphatic hydroxyl groups excluding tert-OH is 1. The highest BCUT2D eigenvalue weighted by Gasteiger charge is 2.40. The molecule has 9 nitrogen and oxygen atoms in total. The van der Waals surface area contributed by atoms with E-state index >= 15 is 0 Å². The van der Waals surface area contributed by atoms with Crippen molar-refractivity contribution in [3.63, 3.8) is 0 Å². The minimum atomic E-state index is -4.70. The Balaban J connectivity index is 1.77. The zero-order valence-corrected chi connectivity index (χ0v) is 20.6. The van der Waals surface area contributed by atoms with Crippen LogP contribution in [0.1, 0.15) is 37.3 Å². The number of carbonyl (C=O) groups is 1. The number of rotatable bonds is 7. The molecule has 0 saturated heterocycles. The van der Waals surface area contributed by atoms with Gasteiger partial charge in [-0.05, 0) is 50.3 Å². The van der Waals surface area contributed by atoms with E-state index in [1.54, 1.807) is 16.7 Å². The maximum absolute atomic E-state index is 13.2. The standard InChI is InChI=1S/C22H24Cl2F3N7O2/c1-10-6-13(23)17(14(24)7-10)32-21-30-15-8-29-20(31-16(9-35)22(25,26)27)33-19(15)34(21)12-4-2-11(3-5-12)18(28)36/h6-8,11-12,16,35H,2-5,9H2,1H3,(H2,28,36)(H,30,32)(H,29,31,33)/t11?,12?,16-/m1/s1. The van der Waals surface area contributed by atoms with Gasteiger partial charge in [0.05, 0.1) is 28.5 Å². The molecule has 4 rings (SSSR count). The van der Waals surface area contributed by atoms with E-state index in [-0.39, 0.29) is 29.5 Å². The second kappa shape index (κ2) is 10.3. The van der Waals surface area contributed by atoms with Gasteiger partial charge in [-0.15, -0.1) is 0 Å². The molecule has 0 bridgehead atoms. The fraction of sp³-hybridized carbons (Fsp3) is 0.455. The van der Waals surface area contributed by atoms with E-state index in [0.29, 0.717) is 52.9 Å². The van der Waals surface area contributed by atoms with Crippen molar-refractivity contribution in [2.24, 2.45) is 11.7 Å². The Morgan fingerprint density at radius 2 is 1.86 bits per heavy atom. The fourth-order valence-electron chi connectivity index (χ4n) is 4.33. The summed E-state index contributed by atoms with van der Waals surface area (Å²) in [6.45, 7) is 0.664. The maximum Gasteiger partial charge on any atom is 0.410 e. The molecule has 1 amide bonds. The van der Waals surface area contributed by atoms with Crippen LogP contribution in [0.3, 0.4) is 0 Å². The number of halogens is 5. The Labute approximate surface area is 214 Å². The van der Waals surface area contributed by atoms with E-state index in [9.17, 15) is 23.1 Å². The third kappa shape index (κ3) is 5.45. The normalized spacial score (nSPS) is 19.3. The first-order valence-corrected chi connectivity index (χ1v) is 11.9. The van der Waals surface area contributed by atoms with E-state index in [2.05, 4.69) is 25.6 Å². The number of nitrogens with one attached hydrogen (secondary N) is 2. The van der Waals surface area contributed by atoms with Crippen molar-refractivity contribution in [2.75, 3.05) is 17.2 Å². The average Bonchev–Trinajstić information content (AvgIpc) is 3.16. The van der Waals surface area contributed by atoms with Crippen LogP contribution in [-0.4, -0.2) is 49.4 Å². The van der Waals surface area contributed by atoms with Gasteiger partial charge in [0.25, 0.3) is 0 Å². The molecule has 14 heteroatoms. The lowest BCUT2D eigenvalue weighted by Gasteiger charge is -2.29. The molecular weight excluding hydrogens is 522 g/mol. The first-order valence-electron chi connectivity index (χ1n) is 11.2. The number of aliphatic hydroxyl groups is 1. The lowest BCUT2D eigenvalue weighted by Crippen LogP contribution is -2.39. The van der Waals surface area contributed by atoms with Crippen LogP contribution in [0.5, 0.6) is 0 Å². The van der Waals surface area contributed by atoms with Gasteiger partial charge in [-0.2, -0.15) is 18.2 Å². The number of alkyl halides is 3. The number of aromatic nitrogens is 4. The van der Waals surface area contributed by atoms with Gasteiger partial charge in [0, 0.05) is 12.0 Å². The average molecular weight is 546 g/mol. The number of anilines is 3. The van der Waals surface area contributed by atoms with Crippen LogP contribution in [-0.2, 0) is 4.79 Å². The summed E-state index contributed by atoms with van der Waals surface area (Å²) in [5, 5.41) is 15.2. The van der Waals surface area contributed by atoms with Crippen molar-refractivity contribution in [1.29, 1.82) is 0 Å². The predicted octanol–water partition coefficient (Wildman–Crippen LogP) is 4.74. The molecule has 1 aliphatic rings. The molecule has 0 radical (unpaired) electrons. The molecule has 2 aromatic heterocycles. The molecule has 1 aromatic carbocycles. The van der Waals surface area contributed by atoms with Crippen LogP contribution in [0.25, 0.3) is 11.2 Å². The van der Waals surface area contributed by atoms with Gasteiger partial charge < -0.3 is 21.5 Å². The van der Waals surface area contributed by atoms with Crippen LogP contribution >= 0.6 is 23.2 Å². The van der Waals surface area contributed by atoms with Gasteiger partial charge in [0.1, 0.15) is 11.6 Å². The third-order valence-corrected chi connectivity index (χ3v) is 6.80. The lowest BCUT2D eigenvalue weighted by molar-refractivity contribution is -0.149. The molecule has 0 unspecified atom stereocenters. The van der Waals surface area contributed by atoms with E-state index in [1.165, 1.54) is 6.20 Å². The molecule has 5 N–H and O–H groups in total. The summed E-state index contributed by atoms with van der Waals surface area (Å²) in [5.74, 6) is -0.612. The maximum atomic E-state index is 13.2. The molecule has 1 saturated carbocycles. The zero-order chi connectivity index (χ0) is 26.2. The zero-order valence-electron chi connectivity index (χ0n) is 19.1. The summed E-state index contributed by atoms with van der Waals surface area (Å²) in [6, 6.07) is 1.04. The summed E-state index contributed by atoms with van der Waals surface area (Å²) in [5.41, 5.74) is 7.34. The van der Waals surface area contributed by atoms with Gasteiger partial charge in [0.2, 0.25) is 17.8 Å². The molecule has 194 valence electrons. The van der Waals surface area contributed by atoms with Crippen LogP contribution in [0, 0.1) is 12.8 Å². The number of benzene rings is 1. The summed E-state index contributed by atoms with van der Waals surface area (Å²) in [6.07, 6.45) is -1.18. The number of nitrogens with zero attached hydrogens (tertiary/aromatic N) is 4. The summed E-state index contributed by atoms with van der Waals surface area (Å²) < 4.78 is 41.3. The number of hydrogen-bond donors (Lipinski definition) is 4. The number of imidazole rings is 1. The molecule has 3 aromatic rings. The second-order valence-electron chi connectivity index (χ2n) is 8.77. The highest BCUT2D eigenvalue weighted by Crippen LogP contribution is 2.39. The Hall–Kier alpha value is -2.83. The molecule has 1 aliphatic carbocycles. The molecule has 0 aliphatic heterocycles. The number of primary amides is 1.